The van der Waals surface area contributed by atoms with E-state index >= 15 is 0 Å². The van der Waals surface area contributed by atoms with Gasteiger partial charge in [-0.2, -0.15) is 0 Å². The highest BCUT2D eigenvalue weighted by molar-refractivity contribution is 6.17. The van der Waals surface area contributed by atoms with Gasteiger partial charge in [-0.3, -0.25) is 0 Å². The Hall–Kier alpha value is -1.99. The van der Waals surface area contributed by atoms with Crippen LogP contribution in [0.5, 0.6) is 5.75 Å². The molecule has 1 aliphatic rings. The van der Waals surface area contributed by atoms with Crippen molar-refractivity contribution in [2.24, 2.45) is 0 Å². The van der Waals surface area contributed by atoms with Crippen molar-refractivity contribution in [2.45, 2.75) is 19.2 Å². The zero-order valence-corrected chi connectivity index (χ0v) is 13.0. The van der Waals surface area contributed by atoms with E-state index in [4.69, 9.17) is 16.3 Å². The van der Waals surface area contributed by atoms with Crippen molar-refractivity contribution in [1.29, 1.82) is 0 Å². The predicted molar refractivity (Wildman–Crippen MR) is 91.6 cm³/mol. The lowest BCUT2D eigenvalue weighted by atomic mass is 9.91. The van der Waals surface area contributed by atoms with Crippen molar-refractivity contribution in [3.8, 4) is 5.75 Å². The molecule has 108 valence electrons. The van der Waals surface area contributed by atoms with E-state index in [1.807, 2.05) is 37.3 Å². The fraction of sp³-hybridized carbons (Fsp3) is 0.158. The Balaban J connectivity index is 2.49. The van der Waals surface area contributed by atoms with Crippen LogP contribution in [0.3, 0.4) is 0 Å². The van der Waals surface area contributed by atoms with Crippen molar-refractivity contribution in [3.63, 3.8) is 0 Å². The minimum absolute atomic E-state index is 0.489. The second kappa shape index (κ2) is 7.14. The van der Waals surface area contributed by atoms with Gasteiger partial charge in [0, 0.05) is 17.9 Å². The van der Waals surface area contributed by atoms with Crippen LogP contribution in [0.25, 0.3) is 6.08 Å². The molecule has 1 aliphatic heterocycles. The summed E-state index contributed by atoms with van der Waals surface area (Å²) in [7, 11) is 0. The molecule has 1 heterocycles. The van der Waals surface area contributed by atoms with Gasteiger partial charge in [-0.05, 0) is 35.3 Å². The van der Waals surface area contributed by atoms with Gasteiger partial charge in [-0.15, -0.1) is 11.6 Å². The van der Waals surface area contributed by atoms with Gasteiger partial charge in [0.25, 0.3) is 0 Å². The average molecular weight is 299 g/mol. The number of alkyl halides is 1. The van der Waals surface area contributed by atoms with Gasteiger partial charge in [0.15, 0.2) is 0 Å². The molecule has 0 saturated carbocycles. The monoisotopic (exact) mass is 298 g/mol. The number of hydrogen-bond acceptors (Lipinski definition) is 1. The first-order chi connectivity index (χ1) is 10.2. The van der Waals surface area contributed by atoms with Crippen LogP contribution in [-0.4, -0.2) is 0 Å². The minimum atomic E-state index is 0.489. The number of benzene rings is 1. The van der Waals surface area contributed by atoms with Crippen LogP contribution in [-0.2, 0) is 12.3 Å². The van der Waals surface area contributed by atoms with E-state index in [-0.39, 0.29) is 0 Å². The van der Waals surface area contributed by atoms with Crippen LogP contribution in [0.1, 0.15) is 23.6 Å². The standard InChI is InChI=1S/C19H19ClO/c1-4-7-14(6-3)16-11-18-17(8-5-2)15(12-20)9-10-19(18)21-13-16/h4-10,13H,1,3,11-12H2,2H3/b8-5-,14-7+. The summed E-state index contributed by atoms with van der Waals surface area (Å²) in [6, 6.07) is 4.01. The SMILES string of the molecule is C=C/C=C(\C=C)C1=COc2ccc(CCl)c(/C=C\C)c2C1. The lowest BCUT2D eigenvalue weighted by Crippen LogP contribution is -2.07. The summed E-state index contributed by atoms with van der Waals surface area (Å²) >= 11 is 6.06. The van der Waals surface area contributed by atoms with Gasteiger partial charge >= 0.3 is 0 Å². The third kappa shape index (κ3) is 3.20. The fourth-order valence-electron chi connectivity index (χ4n) is 2.45. The topological polar surface area (TPSA) is 9.23 Å². The van der Waals surface area contributed by atoms with E-state index in [1.54, 1.807) is 12.3 Å². The molecule has 0 aromatic heterocycles. The molecular weight excluding hydrogens is 280 g/mol. The third-order valence-electron chi connectivity index (χ3n) is 3.47. The van der Waals surface area contributed by atoms with Gasteiger partial charge in [0.05, 0.1) is 6.26 Å². The molecule has 21 heavy (non-hydrogen) atoms. The van der Waals surface area contributed by atoms with Crippen molar-refractivity contribution >= 4 is 17.7 Å². The Kier molecular flexibility index (Phi) is 5.24. The second-order valence-electron chi connectivity index (χ2n) is 4.75. The van der Waals surface area contributed by atoms with E-state index in [1.165, 1.54) is 5.56 Å². The van der Waals surface area contributed by atoms with Gasteiger partial charge in [0.1, 0.15) is 5.75 Å². The van der Waals surface area contributed by atoms with Crippen LogP contribution in [0.2, 0.25) is 0 Å². The molecule has 0 spiro atoms. The summed E-state index contributed by atoms with van der Waals surface area (Å²) in [4.78, 5) is 0. The molecule has 2 heteroatoms. The second-order valence-corrected chi connectivity index (χ2v) is 5.02. The predicted octanol–water partition coefficient (Wildman–Crippen LogP) is 5.58. The summed E-state index contributed by atoms with van der Waals surface area (Å²) in [6.45, 7) is 9.60. The van der Waals surface area contributed by atoms with Gasteiger partial charge in [-0.25, -0.2) is 0 Å². The molecule has 0 unspecified atom stereocenters. The molecule has 0 saturated heterocycles. The Bertz CT molecular complexity index is 648. The van der Waals surface area contributed by atoms with E-state index in [2.05, 4.69) is 19.2 Å². The molecule has 0 radical (unpaired) electrons. The Morgan fingerprint density at radius 1 is 1.38 bits per heavy atom. The van der Waals surface area contributed by atoms with E-state index < -0.39 is 0 Å². The largest absolute Gasteiger partial charge is 0.464 e. The number of rotatable bonds is 5. The molecular formula is C19H19ClO. The Morgan fingerprint density at radius 3 is 2.81 bits per heavy atom. The Labute approximate surface area is 131 Å². The van der Waals surface area contributed by atoms with E-state index in [0.717, 1.165) is 34.4 Å². The van der Waals surface area contributed by atoms with Crippen molar-refractivity contribution in [3.05, 3.63) is 83.7 Å². The smallest absolute Gasteiger partial charge is 0.130 e. The third-order valence-corrected chi connectivity index (χ3v) is 3.75. The summed E-state index contributed by atoms with van der Waals surface area (Å²) in [5.74, 6) is 1.38. The first kappa shape index (κ1) is 15.4. The normalized spacial score (nSPS) is 14.4. The lowest BCUT2D eigenvalue weighted by Gasteiger charge is -2.21. The first-order valence-electron chi connectivity index (χ1n) is 6.89. The summed E-state index contributed by atoms with van der Waals surface area (Å²) in [5.41, 5.74) is 5.55. The lowest BCUT2D eigenvalue weighted by molar-refractivity contribution is 0.458. The van der Waals surface area contributed by atoms with E-state index in [9.17, 15) is 0 Å². The average Bonchev–Trinajstić information content (AvgIpc) is 2.52. The van der Waals surface area contributed by atoms with Gasteiger partial charge in [-0.1, -0.05) is 49.6 Å². The van der Waals surface area contributed by atoms with Crippen LogP contribution >= 0.6 is 11.6 Å². The molecule has 1 nitrogen and oxygen atoms in total. The van der Waals surface area contributed by atoms with Crippen molar-refractivity contribution < 1.29 is 4.74 Å². The molecule has 0 amide bonds. The zero-order chi connectivity index (χ0) is 15.2. The van der Waals surface area contributed by atoms with Gasteiger partial charge in [0.2, 0.25) is 0 Å². The fourth-order valence-corrected chi connectivity index (χ4v) is 2.68. The molecule has 0 bridgehead atoms. The Morgan fingerprint density at radius 2 is 2.19 bits per heavy atom. The number of allylic oxidation sites excluding steroid dienone is 6. The summed E-state index contributed by atoms with van der Waals surface area (Å²) in [6.07, 6.45) is 12.2. The van der Waals surface area contributed by atoms with Crippen LogP contribution < -0.4 is 4.74 Å². The zero-order valence-electron chi connectivity index (χ0n) is 12.2. The quantitative estimate of drug-likeness (QED) is 0.509. The molecule has 2 rings (SSSR count). The molecule has 0 fully saturated rings. The van der Waals surface area contributed by atoms with Crippen LogP contribution in [0.15, 0.2) is 67.0 Å². The summed E-state index contributed by atoms with van der Waals surface area (Å²) < 4.78 is 5.79. The highest BCUT2D eigenvalue weighted by Crippen LogP contribution is 2.35. The number of halogens is 1. The maximum absolute atomic E-state index is 6.06. The van der Waals surface area contributed by atoms with Gasteiger partial charge < -0.3 is 4.74 Å². The van der Waals surface area contributed by atoms with Crippen molar-refractivity contribution in [2.75, 3.05) is 0 Å². The molecule has 1 aromatic carbocycles. The number of ether oxygens (including phenoxy) is 1. The summed E-state index contributed by atoms with van der Waals surface area (Å²) in [5, 5.41) is 0. The van der Waals surface area contributed by atoms with Crippen LogP contribution in [0.4, 0.5) is 0 Å². The molecule has 1 aromatic rings. The van der Waals surface area contributed by atoms with E-state index in [0.29, 0.717) is 5.88 Å². The number of fused-ring (bicyclic) bond motifs is 1. The maximum Gasteiger partial charge on any atom is 0.130 e. The van der Waals surface area contributed by atoms with Crippen molar-refractivity contribution in [1.82, 2.24) is 0 Å². The minimum Gasteiger partial charge on any atom is -0.464 e. The maximum atomic E-state index is 6.06. The first-order valence-corrected chi connectivity index (χ1v) is 7.43. The highest BCUT2D eigenvalue weighted by Gasteiger charge is 2.18. The number of hydrogen-bond donors (Lipinski definition) is 0. The highest BCUT2D eigenvalue weighted by atomic mass is 35.5. The molecule has 0 aliphatic carbocycles. The molecule has 0 N–H and O–H groups in total. The molecule has 0 atom stereocenters. The van der Waals surface area contributed by atoms with Crippen LogP contribution in [0, 0.1) is 0 Å².